The molecule has 1 aromatic carbocycles. The molecule has 0 bridgehead atoms. The predicted octanol–water partition coefficient (Wildman–Crippen LogP) is 2.39. The van der Waals surface area contributed by atoms with E-state index >= 15 is 0 Å². The molecule has 1 saturated carbocycles. The van der Waals surface area contributed by atoms with Gasteiger partial charge < -0.3 is 9.88 Å². The summed E-state index contributed by atoms with van der Waals surface area (Å²) in [6.07, 6.45) is 3.42. The first-order chi connectivity index (χ1) is 11.4. The molecule has 1 unspecified atom stereocenters. The van der Waals surface area contributed by atoms with E-state index in [4.69, 9.17) is 0 Å². The first-order valence-corrected chi connectivity index (χ1v) is 7.98. The molecule has 2 aromatic rings. The number of fused-ring (bicyclic) bond motifs is 1. The molecular weight excluding hydrogens is 310 g/mol. The van der Waals surface area contributed by atoms with E-state index < -0.39 is 11.0 Å². The summed E-state index contributed by atoms with van der Waals surface area (Å²) in [4.78, 5) is 35.9. The zero-order valence-corrected chi connectivity index (χ0v) is 13.6. The largest absolute Gasteiger partial charge is 0.352 e. The molecular formula is C17H19N3O4. The van der Waals surface area contributed by atoms with Crippen LogP contribution in [-0.4, -0.2) is 21.4 Å². The molecule has 126 valence electrons. The summed E-state index contributed by atoms with van der Waals surface area (Å²) in [7, 11) is 0. The lowest BCUT2D eigenvalue weighted by molar-refractivity contribution is -0.383. The summed E-state index contributed by atoms with van der Waals surface area (Å²) >= 11 is 0. The normalized spacial score (nSPS) is 15.5. The lowest BCUT2D eigenvalue weighted by Crippen LogP contribution is -2.40. The third-order valence-electron chi connectivity index (χ3n) is 4.27. The molecule has 1 aliphatic carbocycles. The van der Waals surface area contributed by atoms with E-state index in [0.717, 1.165) is 12.8 Å². The van der Waals surface area contributed by atoms with Crippen LogP contribution in [0.15, 0.2) is 35.3 Å². The van der Waals surface area contributed by atoms with Crippen molar-refractivity contribution in [3.8, 4) is 0 Å². The molecule has 7 heteroatoms. The highest BCUT2D eigenvalue weighted by Crippen LogP contribution is 2.26. The molecule has 1 aliphatic rings. The van der Waals surface area contributed by atoms with Crippen LogP contribution in [0.3, 0.4) is 0 Å². The number of nitrogens with one attached hydrogen (secondary N) is 1. The Morgan fingerprint density at radius 2 is 2.00 bits per heavy atom. The van der Waals surface area contributed by atoms with Crippen molar-refractivity contribution in [3.05, 3.63) is 50.9 Å². The Bertz CT molecular complexity index is 868. The number of non-ortho nitro benzene ring substituents is 1. The summed E-state index contributed by atoms with van der Waals surface area (Å²) < 4.78 is 1.38. The molecule has 1 fully saturated rings. The lowest BCUT2D eigenvalue weighted by Gasteiger charge is -2.23. The van der Waals surface area contributed by atoms with Gasteiger partial charge in [-0.25, -0.2) is 0 Å². The fourth-order valence-corrected chi connectivity index (χ4v) is 2.92. The summed E-state index contributed by atoms with van der Waals surface area (Å²) in [6, 6.07) is 5.51. The molecule has 1 amide bonds. The number of carbonyl (C=O) groups is 1. The van der Waals surface area contributed by atoms with Gasteiger partial charge in [-0.1, -0.05) is 19.9 Å². The van der Waals surface area contributed by atoms with Crippen LogP contribution in [0.4, 0.5) is 5.69 Å². The van der Waals surface area contributed by atoms with Crippen molar-refractivity contribution in [2.45, 2.75) is 38.8 Å². The number of nitro benzene ring substituents is 1. The van der Waals surface area contributed by atoms with E-state index in [1.165, 1.54) is 29.0 Å². The van der Waals surface area contributed by atoms with Gasteiger partial charge in [-0.3, -0.25) is 19.7 Å². The van der Waals surface area contributed by atoms with Gasteiger partial charge in [0.1, 0.15) is 6.04 Å². The average molecular weight is 329 g/mol. The molecule has 0 aliphatic heterocycles. The Labute approximate surface area is 138 Å². The van der Waals surface area contributed by atoms with Gasteiger partial charge in [-0.2, -0.15) is 0 Å². The highest BCUT2D eigenvalue weighted by atomic mass is 16.6. The number of rotatable bonds is 5. The minimum atomic E-state index is -0.637. The van der Waals surface area contributed by atoms with E-state index in [1.54, 1.807) is 6.07 Å². The van der Waals surface area contributed by atoms with E-state index in [0.29, 0.717) is 0 Å². The number of benzene rings is 1. The van der Waals surface area contributed by atoms with Gasteiger partial charge in [-0.15, -0.1) is 0 Å². The van der Waals surface area contributed by atoms with Crippen molar-refractivity contribution in [3.63, 3.8) is 0 Å². The van der Waals surface area contributed by atoms with Crippen molar-refractivity contribution in [2.75, 3.05) is 0 Å². The quantitative estimate of drug-likeness (QED) is 0.673. The van der Waals surface area contributed by atoms with Crippen LogP contribution in [0.1, 0.15) is 32.7 Å². The maximum atomic E-state index is 12.8. The van der Waals surface area contributed by atoms with Crippen LogP contribution < -0.4 is 10.9 Å². The highest BCUT2D eigenvalue weighted by molar-refractivity contribution is 5.90. The number of pyridine rings is 1. The Morgan fingerprint density at radius 1 is 1.29 bits per heavy atom. The number of nitro groups is 1. The van der Waals surface area contributed by atoms with Crippen LogP contribution in [0.5, 0.6) is 0 Å². The molecule has 7 nitrogen and oxygen atoms in total. The number of hydrogen-bond acceptors (Lipinski definition) is 4. The summed E-state index contributed by atoms with van der Waals surface area (Å²) in [6.45, 7) is 3.75. The van der Waals surface area contributed by atoms with E-state index in [-0.39, 0.29) is 39.9 Å². The van der Waals surface area contributed by atoms with Crippen molar-refractivity contribution >= 4 is 22.4 Å². The monoisotopic (exact) mass is 329 g/mol. The first-order valence-electron chi connectivity index (χ1n) is 7.98. The number of aromatic nitrogens is 1. The third kappa shape index (κ3) is 2.89. The number of hydrogen-bond donors (Lipinski definition) is 1. The van der Waals surface area contributed by atoms with Gasteiger partial charge in [0.2, 0.25) is 5.91 Å². The van der Waals surface area contributed by atoms with E-state index in [9.17, 15) is 19.7 Å². The molecule has 0 saturated heterocycles. The van der Waals surface area contributed by atoms with Gasteiger partial charge >= 0.3 is 0 Å². The summed E-state index contributed by atoms with van der Waals surface area (Å²) in [5.74, 6) is -0.267. The lowest BCUT2D eigenvalue weighted by atomic mass is 10.0. The van der Waals surface area contributed by atoms with Gasteiger partial charge in [-0.05, 0) is 30.9 Å². The highest BCUT2D eigenvalue weighted by Gasteiger charge is 2.31. The maximum absolute atomic E-state index is 12.8. The van der Waals surface area contributed by atoms with Crippen molar-refractivity contribution in [1.29, 1.82) is 0 Å². The standard InChI is InChI=1S/C17H19N3O4/c1-10(2)15(16(21)18-11-6-7-11)19-9-8-12-13(17(19)22)4-3-5-14(12)20(23)24/h3-5,8-11,15H,6-7H2,1-2H3,(H,18,21). The van der Waals surface area contributed by atoms with Crippen LogP contribution in [0, 0.1) is 16.0 Å². The zero-order valence-electron chi connectivity index (χ0n) is 13.6. The minimum absolute atomic E-state index is 0.0856. The SMILES string of the molecule is CC(C)C(C(=O)NC1CC1)n1ccc2c([N+](=O)[O-])cccc2c1=O. The average Bonchev–Trinajstić information content (AvgIpc) is 3.33. The molecule has 24 heavy (non-hydrogen) atoms. The molecule has 1 N–H and O–H groups in total. The molecule has 0 spiro atoms. The van der Waals surface area contributed by atoms with E-state index in [1.807, 2.05) is 13.8 Å². The molecule has 3 rings (SSSR count). The summed E-state index contributed by atoms with van der Waals surface area (Å²) in [5, 5.41) is 14.6. The van der Waals surface area contributed by atoms with Crippen LogP contribution in [-0.2, 0) is 4.79 Å². The van der Waals surface area contributed by atoms with Gasteiger partial charge in [0.05, 0.1) is 15.7 Å². The maximum Gasteiger partial charge on any atom is 0.277 e. The Morgan fingerprint density at radius 3 is 2.58 bits per heavy atom. The predicted molar refractivity (Wildman–Crippen MR) is 89.9 cm³/mol. The topological polar surface area (TPSA) is 94.2 Å². The number of amides is 1. The fraction of sp³-hybridized carbons (Fsp3) is 0.412. The van der Waals surface area contributed by atoms with Gasteiger partial charge in [0.15, 0.2) is 0 Å². The summed E-state index contributed by atoms with van der Waals surface area (Å²) in [5.41, 5.74) is -0.499. The Hall–Kier alpha value is -2.70. The van der Waals surface area contributed by atoms with Crippen LogP contribution in [0.2, 0.25) is 0 Å². The first kappa shape index (κ1) is 16.2. The molecule has 1 heterocycles. The Kier molecular flexibility index (Phi) is 4.09. The molecule has 1 aromatic heterocycles. The third-order valence-corrected chi connectivity index (χ3v) is 4.27. The molecule has 0 radical (unpaired) electrons. The zero-order chi connectivity index (χ0) is 17.4. The van der Waals surface area contributed by atoms with Gasteiger partial charge in [0, 0.05) is 18.3 Å². The van der Waals surface area contributed by atoms with Crippen LogP contribution in [0.25, 0.3) is 10.8 Å². The second-order valence-electron chi connectivity index (χ2n) is 6.50. The second kappa shape index (κ2) is 6.07. The smallest absolute Gasteiger partial charge is 0.277 e. The van der Waals surface area contributed by atoms with Crippen molar-refractivity contribution in [2.24, 2.45) is 5.92 Å². The fourth-order valence-electron chi connectivity index (χ4n) is 2.92. The minimum Gasteiger partial charge on any atom is -0.352 e. The Balaban J connectivity index is 2.11. The second-order valence-corrected chi connectivity index (χ2v) is 6.50. The van der Waals surface area contributed by atoms with Crippen molar-refractivity contribution in [1.82, 2.24) is 9.88 Å². The molecule has 1 atom stereocenters. The number of carbonyl (C=O) groups excluding carboxylic acids is 1. The van der Waals surface area contributed by atoms with E-state index in [2.05, 4.69) is 5.32 Å². The number of nitrogens with zero attached hydrogens (tertiary/aromatic N) is 2. The van der Waals surface area contributed by atoms with Crippen LogP contribution >= 0.6 is 0 Å². The van der Waals surface area contributed by atoms with Crippen molar-refractivity contribution < 1.29 is 9.72 Å². The van der Waals surface area contributed by atoms with Gasteiger partial charge in [0.25, 0.3) is 11.2 Å².